The molecule has 0 radical (unpaired) electrons. The number of esters is 1. The second kappa shape index (κ2) is 7.56. The van der Waals surface area contributed by atoms with Crippen LogP contribution in [-0.4, -0.2) is 57.7 Å². The summed E-state index contributed by atoms with van der Waals surface area (Å²) >= 11 is 0. The lowest BCUT2D eigenvalue weighted by atomic mass is 9.95. The van der Waals surface area contributed by atoms with Gasteiger partial charge in [-0.15, -0.1) is 0 Å². The molecule has 26 heavy (non-hydrogen) atoms. The molecule has 1 heterocycles. The number of hydrogen-bond acceptors (Lipinski definition) is 4. The van der Waals surface area contributed by atoms with E-state index in [4.69, 9.17) is 9.47 Å². The summed E-state index contributed by atoms with van der Waals surface area (Å²) in [6.45, 7) is 4.36. The molecule has 1 aliphatic heterocycles. The highest BCUT2D eigenvalue weighted by Gasteiger charge is 2.46. The predicted molar refractivity (Wildman–Crippen MR) is 102 cm³/mol. The van der Waals surface area contributed by atoms with Crippen LogP contribution in [-0.2, 0) is 14.9 Å². The summed E-state index contributed by atoms with van der Waals surface area (Å²) in [6, 6.07) is 8.24. The van der Waals surface area contributed by atoms with Crippen LogP contribution in [0.25, 0.3) is 0 Å². The normalized spacial score (nSPS) is 24.3. The minimum Gasteiger partial charge on any atom is -0.496 e. The number of para-hydroxylation sites is 1. The van der Waals surface area contributed by atoms with Crippen molar-refractivity contribution in [1.29, 1.82) is 0 Å². The molecule has 1 aliphatic carbocycles. The third kappa shape index (κ3) is 3.50. The number of guanidine groups is 1. The van der Waals surface area contributed by atoms with E-state index in [1.165, 1.54) is 12.7 Å². The van der Waals surface area contributed by atoms with Crippen LogP contribution in [0.3, 0.4) is 0 Å². The average molecular weight is 359 g/mol. The van der Waals surface area contributed by atoms with Gasteiger partial charge in [-0.05, 0) is 24.8 Å². The van der Waals surface area contributed by atoms with Gasteiger partial charge in [0.2, 0.25) is 0 Å². The van der Waals surface area contributed by atoms with Gasteiger partial charge in [-0.1, -0.05) is 25.1 Å². The first-order valence-electron chi connectivity index (χ1n) is 9.21. The summed E-state index contributed by atoms with van der Waals surface area (Å²) in [6.07, 6.45) is 2.27. The molecule has 0 bridgehead atoms. The molecule has 2 atom stereocenters. The van der Waals surface area contributed by atoms with E-state index in [2.05, 4.69) is 34.3 Å². The summed E-state index contributed by atoms with van der Waals surface area (Å²) in [5.41, 5.74) is 1.36. The smallest absolute Gasteiger partial charge is 0.310 e. The van der Waals surface area contributed by atoms with Gasteiger partial charge in [0.15, 0.2) is 5.96 Å². The van der Waals surface area contributed by atoms with Gasteiger partial charge in [0.05, 0.1) is 20.1 Å². The van der Waals surface area contributed by atoms with Crippen molar-refractivity contribution in [1.82, 2.24) is 10.2 Å². The van der Waals surface area contributed by atoms with Crippen LogP contribution in [0.5, 0.6) is 5.75 Å². The molecular weight excluding hydrogens is 330 g/mol. The van der Waals surface area contributed by atoms with Crippen LogP contribution in [0.15, 0.2) is 29.3 Å². The first-order valence-corrected chi connectivity index (χ1v) is 9.21. The van der Waals surface area contributed by atoms with Crippen LogP contribution in [0.2, 0.25) is 0 Å². The maximum absolute atomic E-state index is 11.9. The molecule has 2 aliphatic rings. The zero-order valence-electron chi connectivity index (χ0n) is 16.1. The minimum atomic E-state index is -0.136. The molecule has 0 amide bonds. The Hall–Kier alpha value is -2.24. The lowest BCUT2D eigenvalue weighted by Crippen LogP contribution is -2.43. The fourth-order valence-electron chi connectivity index (χ4n) is 3.95. The number of nitrogens with one attached hydrogen (secondary N) is 1. The van der Waals surface area contributed by atoms with Crippen molar-refractivity contribution >= 4 is 11.9 Å². The number of nitrogens with zero attached hydrogens (tertiary/aromatic N) is 2. The van der Waals surface area contributed by atoms with Gasteiger partial charge in [0.25, 0.3) is 0 Å². The molecule has 142 valence electrons. The molecule has 1 saturated carbocycles. The van der Waals surface area contributed by atoms with Gasteiger partial charge in [-0.2, -0.15) is 0 Å². The van der Waals surface area contributed by atoms with E-state index < -0.39 is 0 Å². The molecule has 2 unspecified atom stereocenters. The third-order valence-corrected chi connectivity index (χ3v) is 5.74. The number of carbonyl (C=O) groups is 1. The average Bonchev–Trinajstić information content (AvgIpc) is 3.36. The fraction of sp³-hybridized carbons (Fsp3) is 0.600. The number of likely N-dealkylation sites (tertiary alicyclic amines) is 1. The third-order valence-electron chi connectivity index (χ3n) is 5.74. The molecule has 6 heteroatoms. The van der Waals surface area contributed by atoms with Crippen LogP contribution in [0, 0.1) is 11.8 Å². The molecule has 1 aromatic rings. The Labute approximate surface area is 155 Å². The van der Waals surface area contributed by atoms with E-state index in [0.29, 0.717) is 6.54 Å². The first-order chi connectivity index (χ1) is 12.5. The SMILES string of the molecule is CN=C(NCC1(c2ccccc2OC)CC1)N1CC(C)C(C(=O)OC)C1. The van der Waals surface area contributed by atoms with Crippen LogP contribution in [0.4, 0.5) is 0 Å². The Kier molecular flexibility index (Phi) is 5.39. The topological polar surface area (TPSA) is 63.2 Å². The Morgan fingerprint density at radius 1 is 1.31 bits per heavy atom. The summed E-state index contributed by atoms with van der Waals surface area (Å²) in [5, 5.41) is 3.53. The largest absolute Gasteiger partial charge is 0.496 e. The summed E-state index contributed by atoms with van der Waals surface area (Å²) < 4.78 is 10.5. The maximum atomic E-state index is 11.9. The van der Waals surface area contributed by atoms with E-state index >= 15 is 0 Å². The number of ether oxygens (including phenoxy) is 2. The number of carbonyl (C=O) groups excluding carboxylic acids is 1. The van der Waals surface area contributed by atoms with Crippen molar-refractivity contribution in [3.8, 4) is 5.75 Å². The standard InChI is InChI=1S/C20H29N3O3/c1-14-11-23(12-15(14)18(24)26-4)19(21-2)22-13-20(9-10-20)16-7-5-6-8-17(16)25-3/h5-8,14-15H,9-13H2,1-4H3,(H,21,22). The minimum absolute atomic E-state index is 0.0948. The molecule has 1 aromatic carbocycles. The molecule has 0 aromatic heterocycles. The lowest BCUT2D eigenvalue weighted by molar-refractivity contribution is -0.145. The molecule has 1 N–H and O–H groups in total. The maximum Gasteiger partial charge on any atom is 0.310 e. The monoisotopic (exact) mass is 359 g/mol. The number of aliphatic imine (C=N–C) groups is 1. The predicted octanol–water partition coefficient (Wildman–Crippen LogP) is 2.04. The van der Waals surface area contributed by atoms with Gasteiger partial charge >= 0.3 is 5.97 Å². The summed E-state index contributed by atoms with van der Waals surface area (Å²) in [5.74, 6) is 1.82. The molecule has 1 saturated heterocycles. The second-order valence-electron chi connectivity index (χ2n) is 7.39. The van der Waals surface area contributed by atoms with E-state index in [1.807, 2.05) is 12.1 Å². The molecule has 3 rings (SSSR count). The zero-order chi connectivity index (χ0) is 18.7. The number of rotatable bonds is 5. The second-order valence-corrected chi connectivity index (χ2v) is 7.39. The molecule has 2 fully saturated rings. The van der Waals surface area contributed by atoms with Crippen molar-refractivity contribution < 1.29 is 14.3 Å². The highest BCUT2D eigenvalue weighted by Crippen LogP contribution is 2.50. The van der Waals surface area contributed by atoms with E-state index in [1.54, 1.807) is 14.2 Å². The highest BCUT2D eigenvalue weighted by atomic mass is 16.5. The molecule has 6 nitrogen and oxygen atoms in total. The first kappa shape index (κ1) is 18.5. The lowest BCUT2D eigenvalue weighted by Gasteiger charge is -2.25. The van der Waals surface area contributed by atoms with Crippen molar-refractivity contribution in [2.75, 3.05) is 40.9 Å². The molecular formula is C20H29N3O3. The van der Waals surface area contributed by atoms with Gasteiger partial charge in [-0.25, -0.2) is 0 Å². The molecule has 0 spiro atoms. The fourth-order valence-corrected chi connectivity index (χ4v) is 3.95. The Balaban J connectivity index is 1.66. The zero-order valence-corrected chi connectivity index (χ0v) is 16.1. The number of benzene rings is 1. The van der Waals surface area contributed by atoms with Gasteiger partial charge in [0.1, 0.15) is 5.75 Å². The Bertz CT molecular complexity index is 685. The van der Waals surface area contributed by atoms with Crippen molar-refractivity contribution in [2.24, 2.45) is 16.8 Å². The Morgan fingerprint density at radius 3 is 2.65 bits per heavy atom. The highest BCUT2D eigenvalue weighted by molar-refractivity contribution is 5.82. The summed E-state index contributed by atoms with van der Waals surface area (Å²) in [4.78, 5) is 18.5. The van der Waals surface area contributed by atoms with Crippen LogP contribution >= 0.6 is 0 Å². The van der Waals surface area contributed by atoms with Crippen molar-refractivity contribution in [3.05, 3.63) is 29.8 Å². The van der Waals surface area contributed by atoms with E-state index in [0.717, 1.165) is 37.6 Å². The van der Waals surface area contributed by atoms with Crippen molar-refractivity contribution in [2.45, 2.75) is 25.2 Å². The van der Waals surface area contributed by atoms with Gasteiger partial charge < -0.3 is 19.7 Å². The Morgan fingerprint density at radius 2 is 2.04 bits per heavy atom. The summed E-state index contributed by atoms with van der Waals surface area (Å²) in [7, 11) is 4.97. The number of hydrogen-bond donors (Lipinski definition) is 1. The van der Waals surface area contributed by atoms with Crippen molar-refractivity contribution in [3.63, 3.8) is 0 Å². The van der Waals surface area contributed by atoms with Gasteiger partial charge in [-0.3, -0.25) is 9.79 Å². The van der Waals surface area contributed by atoms with Gasteiger partial charge in [0, 0.05) is 37.7 Å². The van der Waals surface area contributed by atoms with E-state index in [9.17, 15) is 4.79 Å². The number of methoxy groups -OCH3 is 2. The van der Waals surface area contributed by atoms with E-state index in [-0.39, 0.29) is 23.2 Å². The van der Waals surface area contributed by atoms with Crippen LogP contribution < -0.4 is 10.1 Å². The quantitative estimate of drug-likeness (QED) is 0.495. The van der Waals surface area contributed by atoms with Crippen LogP contribution in [0.1, 0.15) is 25.3 Å².